The fraction of sp³-hybridized carbons (Fsp3) is 0.143. The zero-order valence-corrected chi connectivity index (χ0v) is 10.9. The van der Waals surface area contributed by atoms with Gasteiger partial charge < -0.3 is 5.11 Å². The molecule has 3 heteroatoms. The normalized spacial score (nSPS) is 9.71. The van der Waals surface area contributed by atoms with Gasteiger partial charge in [-0.1, -0.05) is 30.0 Å². The van der Waals surface area contributed by atoms with Crippen LogP contribution in [0.2, 0.25) is 0 Å². The van der Waals surface area contributed by atoms with Gasteiger partial charge in [0.1, 0.15) is 6.61 Å². The second-order valence-electron chi connectivity index (χ2n) is 3.38. The van der Waals surface area contributed by atoms with Gasteiger partial charge in [-0.2, -0.15) is 0 Å². The molecule has 0 atom stereocenters. The first kappa shape index (κ1) is 12.3. The lowest BCUT2D eigenvalue weighted by Crippen LogP contribution is -1.81. The standard InChI is InChI=1S/C14H12OS2/c15-9-1-3-12-5-7-13(8-6-12)11-17-14-4-2-10-16-14/h2,4-8,10,15H,9,11H2. The topological polar surface area (TPSA) is 20.2 Å². The maximum absolute atomic E-state index is 8.60. The van der Waals surface area contributed by atoms with Crippen molar-refractivity contribution in [2.75, 3.05) is 6.61 Å². The third-order valence-corrected chi connectivity index (χ3v) is 4.34. The highest BCUT2D eigenvalue weighted by Gasteiger charge is 1.97. The van der Waals surface area contributed by atoms with Crippen molar-refractivity contribution in [1.82, 2.24) is 0 Å². The Hall–Kier alpha value is -1.21. The first-order valence-electron chi connectivity index (χ1n) is 5.23. The molecule has 0 amide bonds. The van der Waals surface area contributed by atoms with Gasteiger partial charge in [-0.05, 0) is 29.1 Å². The van der Waals surface area contributed by atoms with E-state index < -0.39 is 0 Å². The molecular weight excluding hydrogens is 248 g/mol. The summed E-state index contributed by atoms with van der Waals surface area (Å²) < 4.78 is 1.34. The third-order valence-electron chi connectivity index (χ3n) is 2.14. The Bertz CT molecular complexity index is 503. The monoisotopic (exact) mass is 260 g/mol. The maximum Gasteiger partial charge on any atom is 0.104 e. The van der Waals surface area contributed by atoms with Crippen molar-refractivity contribution < 1.29 is 5.11 Å². The largest absolute Gasteiger partial charge is 0.384 e. The second-order valence-corrected chi connectivity index (χ2v) is 5.60. The summed E-state index contributed by atoms with van der Waals surface area (Å²) in [6.45, 7) is -0.0873. The minimum absolute atomic E-state index is 0.0873. The minimum Gasteiger partial charge on any atom is -0.384 e. The molecule has 0 spiro atoms. The van der Waals surface area contributed by atoms with Crippen LogP contribution < -0.4 is 0 Å². The number of thiophene rings is 1. The number of aliphatic hydroxyl groups is 1. The summed E-state index contributed by atoms with van der Waals surface area (Å²) in [6.07, 6.45) is 0. The van der Waals surface area contributed by atoms with Crippen LogP contribution in [0.1, 0.15) is 11.1 Å². The van der Waals surface area contributed by atoms with E-state index in [1.807, 2.05) is 23.9 Å². The molecule has 1 N–H and O–H groups in total. The van der Waals surface area contributed by atoms with Gasteiger partial charge in [-0.15, -0.1) is 23.1 Å². The molecule has 0 unspecified atom stereocenters. The number of benzene rings is 1. The molecule has 0 aliphatic carbocycles. The average Bonchev–Trinajstić information content (AvgIpc) is 2.88. The van der Waals surface area contributed by atoms with Crippen molar-refractivity contribution in [1.29, 1.82) is 0 Å². The number of hydrogen-bond acceptors (Lipinski definition) is 3. The Morgan fingerprint density at radius 1 is 1.18 bits per heavy atom. The van der Waals surface area contributed by atoms with E-state index in [0.29, 0.717) is 0 Å². The Balaban J connectivity index is 1.94. The molecule has 0 saturated heterocycles. The van der Waals surface area contributed by atoms with Crippen molar-refractivity contribution >= 4 is 23.1 Å². The van der Waals surface area contributed by atoms with Gasteiger partial charge in [-0.25, -0.2) is 0 Å². The lowest BCUT2D eigenvalue weighted by molar-refractivity contribution is 0.350. The molecule has 2 rings (SSSR count). The van der Waals surface area contributed by atoms with E-state index in [4.69, 9.17) is 5.11 Å². The lowest BCUT2D eigenvalue weighted by Gasteiger charge is -1.99. The van der Waals surface area contributed by atoms with Crippen LogP contribution in [0.25, 0.3) is 0 Å². The van der Waals surface area contributed by atoms with Crippen LogP contribution in [-0.2, 0) is 5.75 Å². The third kappa shape index (κ3) is 3.94. The van der Waals surface area contributed by atoms with E-state index in [2.05, 4.69) is 41.5 Å². The molecule has 0 aliphatic heterocycles. The van der Waals surface area contributed by atoms with Gasteiger partial charge in [0.2, 0.25) is 0 Å². The number of aliphatic hydroxyl groups excluding tert-OH is 1. The summed E-state index contributed by atoms with van der Waals surface area (Å²) in [6, 6.07) is 12.4. The van der Waals surface area contributed by atoms with Gasteiger partial charge in [0.25, 0.3) is 0 Å². The Labute approximate surface area is 110 Å². The quantitative estimate of drug-likeness (QED) is 0.674. The maximum atomic E-state index is 8.60. The SMILES string of the molecule is OCC#Cc1ccc(CSc2cccs2)cc1. The van der Waals surface area contributed by atoms with Crippen LogP contribution in [0, 0.1) is 11.8 Å². The highest BCUT2D eigenvalue weighted by atomic mass is 32.2. The van der Waals surface area contributed by atoms with Crippen molar-refractivity contribution in [3.8, 4) is 11.8 Å². The van der Waals surface area contributed by atoms with Crippen molar-refractivity contribution in [2.24, 2.45) is 0 Å². The first-order chi connectivity index (χ1) is 8.38. The predicted molar refractivity (Wildman–Crippen MR) is 74.3 cm³/mol. The predicted octanol–water partition coefficient (Wildman–Crippen LogP) is 3.38. The van der Waals surface area contributed by atoms with E-state index in [1.165, 1.54) is 9.77 Å². The zero-order valence-electron chi connectivity index (χ0n) is 9.22. The molecule has 2 aromatic rings. The van der Waals surface area contributed by atoms with Crippen LogP contribution >= 0.6 is 23.1 Å². The van der Waals surface area contributed by atoms with Crippen molar-refractivity contribution in [2.45, 2.75) is 9.96 Å². The van der Waals surface area contributed by atoms with E-state index in [-0.39, 0.29) is 6.61 Å². The van der Waals surface area contributed by atoms with Gasteiger partial charge in [0.05, 0.1) is 4.21 Å². The van der Waals surface area contributed by atoms with Crippen LogP contribution in [0.3, 0.4) is 0 Å². The second kappa shape index (κ2) is 6.51. The highest BCUT2D eigenvalue weighted by Crippen LogP contribution is 2.26. The Morgan fingerprint density at radius 3 is 2.65 bits per heavy atom. The molecule has 1 nitrogen and oxygen atoms in total. The molecule has 0 fully saturated rings. The van der Waals surface area contributed by atoms with E-state index in [0.717, 1.165) is 11.3 Å². The van der Waals surface area contributed by atoms with Gasteiger partial charge in [0.15, 0.2) is 0 Å². The molecule has 17 heavy (non-hydrogen) atoms. The van der Waals surface area contributed by atoms with Crippen molar-refractivity contribution in [3.05, 3.63) is 52.9 Å². The molecule has 86 valence electrons. The highest BCUT2D eigenvalue weighted by molar-refractivity contribution is 8.00. The lowest BCUT2D eigenvalue weighted by atomic mass is 10.1. The summed E-state index contributed by atoms with van der Waals surface area (Å²) >= 11 is 3.62. The van der Waals surface area contributed by atoms with E-state index in [1.54, 1.807) is 11.3 Å². The fourth-order valence-electron chi connectivity index (χ4n) is 1.33. The average molecular weight is 260 g/mol. The molecular formula is C14H12OS2. The summed E-state index contributed by atoms with van der Waals surface area (Å²) in [5.41, 5.74) is 2.24. The Kier molecular flexibility index (Phi) is 4.69. The summed E-state index contributed by atoms with van der Waals surface area (Å²) in [4.78, 5) is 0. The summed E-state index contributed by atoms with van der Waals surface area (Å²) in [5, 5.41) is 10.7. The zero-order chi connectivity index (χ0) is 11.9. The number of rotatable bonds is 3. The molecule has 1 aromatic heterocycles. The van der Waals surface area contributed by atoms with Crippen LogP contribution in [0.4, 0.5) is 0 Å². The van der Waals surface area contributed by atoms with Gasteiger partial charge in [0, 0.05) is 11.3 Å². The molecule has 0 saturated carbocycles. The van der Waals surface area contributed by atoms with Crippen LogP contribution in [0.15, 0.2) is 46.0 Å². The van der Waals surface area contributed by atoms with Gasteiger partial charge >= 0.3 is 0 Å². The fourth-order valence-corrected chi connectivity index (χ4v) is 3.07. The first-order valence-corrected chi connectivity index (χ1v) is 7.10. The smallest absolute Gasteiger partial charge is 0.104 e. The molecule has 1 aromatic carbocycles. The molecule has 0 bridgehead atoms. The molecule has 0 radical (unpaired) electrons. The van der Waals surface area contributed by atoms with Crippen LogP contribution in [0.5, 0.6) is 0 Å². The van der Waals surface area contributed by atoms with Crippen LogP contribution in [-0.4, -0.2) is 11.7 Å². The molecule has 0 aliphatic rings. The number of thioether (sulfide) groups is 1. The summed E-state index contributed by atoms with van der Waals surface area (Å²) in [5.74, 6) is 6.51. The minimum atomic E-state index is -0.0873. The van der Waals surface area contributed by atoms with Gasteiger partial charge in [-0.3, -0.25) is 0 Å². The number of hydrogen-bond donors (Lipinski definition) is 1. The molecule has 1 heterocycles. The van der Waals surface area contributed by atoms with E-state index >= 15 is 0 Å². The van der Waals surface area contributed by atoms with E-state index in [9.17, 15) is 0 Å². The van der Waals surface area contributed by atoms with Crippen molar-refractivity contribution in [3.63, 3.8) is 0 Å². The summed E-state index contributed by atoms with van der Waals surface area (Å²) in [7, 11) is 0. The Morgan fingerprint density at radius 2 is 2.00 bits per heavy atom.